The molecule has 2 fully saturated rings. The average molecular weight is 371 g/mol. The minimum atomic E-state index is -0.618. The van der Waals surface area contributed by atoms with Crippen molar-refractivity contribution in [2.24, 2.45) is 17.8 Å². The molecule has 2 N–H and O–H groups in total. The summed E-state index contributed by atoms with van der Waals surface area (Å²) in [5.74, 6) is 0.168. The molecule has 0 saturated heterocycles. The van der Waals surface area contributed by atoms with E-state index in [9.17, 15) is 9.90 Å². The van der Waals surface area contributed by atoms with E-state index in [1.54, 1.807) is 0 Å². The summed E-state index contributed by atoms with van der Waals surface area (Å²) < 4.78 is 1.23. The van der Waals surface area contributed by atoms with Gasteiger partial charge < -0.3 is 10.4 Å². The number of fused-ring (bicyclic) bond motifs is 2. The molecule has 3 nitrogen and oxygen atoms in total. The number of carbonyl (C=O) groups is 1. The van der Waals surface area contributed by atoms with E-state index in [-0.39, 0.29) is 12.0 Å². The van der Waals surface area contributed by atoms with Crippen LogP contribution in [0.2, 0.25) is 0 Å². The molecule has 0 heterocycles. The van der Waals surface area contributed by atoms with Crippen molar-refractivity contribution in [3.8, 4) is 0 Å². The van der Waals surface area contributed by atoms with E-state index in [1.165, 1.54) is 15.6 Å². The molecule has 2 aliphatic carbocycles. The van der Waals surface area contributed by atoms with Crippen molar-refractivity contribution in [1.82, 2.24) is 5.32 Å². The number of hydrogen-bond acceptors (Lipinski definition) is 2. The molecule has 4 atom stereocenters. The smallest absolute Gasteiger partial charge is 0.308 e. The summed E-state index contributed by atoms with van der Waals surface area (Å²) in [4.78, 5) is 11.4. The Morgan fingerprint density at radius 3 is 2.63 bits per heavy atom. The normalized spacial score (nSPS) is 32.7. The summed E-state index contributed by atoms with van der Waals surface area (Å²) in [6, 6.07) is 8.56. The van der Waals surface area contributed by atoms with E-state index in [2.05, 4.69) is 52.2 Å². The molecule has 2 bridgehead atoms. The van der Waals surface area contributed by atoms with Gasteiger partial charge in [0.1, 0.15) is 0 Å². The number of aliphatic carboxylic acids is 1. The monoisotopic (exact) mass is 371 g/mol. The first kappa shape index (κ1) is 13.4. The van der Waals surface area contributed by atoms with Gasteiger partial charge in [0, 0.05) is 16.2 Å². The molecular formula is C15H18INO2. The van der Waals surface area contributed by atoms with E-state index in [0.717, 1.165) is 19.4 Å². The maximum atomic E-state index is 11.4. The molecule has 2 saturated carbocycles. The van der Waals surface area contributed by atoms with Crippen LogP contribution in [0.5, 0.6) is 0 Å². The number of hydrogen-bond donors (Lipinski definition) is 2. The Labute approximate surface area is 126 Å². The van der Waals surface area contributed by atoms with Crippen molar-refractivity contribution >= 4 is 28.6 Å². The molecule has 102 valence electrons. The van der Waals surface area contributed by atoms with Gasteiger partial charge in [0.15, 0.2) is 0 Å². The number of benzene rings is 1. The van der Waals surface area contributed by atoms with Gasteiger partial charge in [0.05, 0.1) is 5.92 Å². The van der Waals surface area contributed by atoms with Gasteiger partial charge in [-0.15, -0.1) is 0 Å². The molecule has 4 heteroatoms. The molecule has 19 heavy (non-hydrogen) atoms. The van der Waals surface area contributed by atoms with E-state index in [4.69, 9.17) is 0 Å². The maximum Gasteiger partial charge on any atom is 0.308 e. The first-order chi connectivity index (χ1) is 9.15. The predicted octanol–water partition coefficient (Wildman–Crippen LogP) is 2.88. The van der Waals surface area contributed by atoms with Crippen LogP contribution in [-0.2, 0) is 11.3 Å². The molecule has 0 amide bonds. The third-order valence-corrected chi connectivity index (χ3v) is 5.38. The van der Waals surface area contributed by atoms with Gasteiger partial charge in [0.2, 0.25) is 0 Å². The summed E-state index contributed by atoms with van der Waals surface area (Å²) >= 11 is 2.29. The molecule has 2 aliphatic rings. The van der Waals surface area contributed by atoms with Crippen LogP contribution < -0.4 is 5.32 Å². The van der Waals surface area contributed by atoms with Crippen molar-refractivity contribution in [2.75, 3.05) is 0 Å². The number of nitrogens with one attached hydrogen (secondary N) is 1. The molecular weight excluding hydrogens is 353 g/mol. The SMILES string of the molecule is O=C(O)C1C2CCC(C2)C1NCc1ccc(I)cc1. The molecule has 1 aromatic carbocycles. The van der Waals surface area contributed by atoms with Gasteiger partial charge in [0.25, 0.3) is 0 Å². The lowest BCUT2D eigenvalue weighted by Crippen LogP contribution is -2.43. The van der Waals surface area contributed by atoms with E-state index in [1.807, 2.05) is 0 Å². The highest BCUT2D eigenvalue weighted by molar-refractivity contribution is 14.1. The van der Waals surface area contributed by atoms with Gasteiger partial charge in [-0.1, -0.05) is 12.1 Å². The highest BCUT2D eigenvalue weighted by Gasteiger charge is 2.50. The Bertz CT molecular complexity index is 474. The Balaban J connectivity index is 1.65. The molecule has 0 spiro atoms. The zero-order valence-corrected chi connectivity index (χ0v) is 12.8. The van der Waals surface area contributed by atoms with Crippen LogP contribution in [0.1, 0.15) is 24.8 Å². The summed E-state index contributed by atoms with van der Waals surface area (Å²) in [7, 11) is 0. The zero-order valence-electron chi connectivity index (χ0n) is 10.7. The van der Waals surface area contributed by atoms with Crippen LogP contribution in [0.3, 0.4) is 0 Å². The van der Waals surface area contributed by atoms with Crippen molar-refractivity contribution in [2.45, 2.75) is 31.8 Å². The lowest BCUT2D eigenvalue weighted by atomic mass is 9.84. The Morgan fingerprint density at radius 2 is 1.95 bits per heavy atom. The molecule has 0 aromatic heterocycles. The van der Waals surface area contributed by atoms with Crippen LogP contribution in [0.25, 0.3) is 0 Å². The lowest BCUT2D eigenvalue weighted by molar-refractivity contribution is -0.144. The Morgan fingerprint density at radius 1 is 1.26 bits per heavy atom. The van der Waals surface area contributed by atoms with Crippen LogP contribution >= 0.6 is 22.6 Å². The summed E-state index contributed by atoms with van der Waals surface area (Å²) in [5.41, 5.74) is 1.23. The Hall–Kier alpha value is -0.620. The van der Waals surface area contributed by atoms with E-state index in [0.29, 0.717) is 11.8 Å². The fraction of sp³-hybridized carbons (Fsp3) is 0.533. The maximum absolute atomic E-state index is 11.4. The largest absolute Gasteiger partial charge is 0.481 e. The van der Waals surface area contributed by atoms with Crippen LogP contribution in [0.15, 0.2) is 24.3 Å². The Kier molecular flexibility index (Phi) is 3.80. The van der Waals surface area contributed by atoms with Gasteiger partial charge in [-0.2, -0.15) is 0 Å². The number of carboxylic acid groups (broad SMARTS) is 1. The van der Waals surface area contributed by atoms with Gasteiger partial charge >= 0.3 is 5.97 Å². The fourth-order valence-electron chi connectivity index (χ4n) is 3.78. The van der Waals surface area contributed by atoms with Crippen molar-refractivity contribution in [3.63, 3.8) is 0 Å². The highest BCUT2D eigenvalue weighted by atomic mass is 127. The van der Waals surface area contributed by atoms with Crippen LogP contribution in [0.4, 0.5) is 0 Å². The van der Waals surface area contributed by atoms with E-state index < -0.39 is 5.97 Å². The van der Waals surface area contributed by atoms with Gasteiger partial charge in [-0.05, 0) is 71.4 Å². The molecule has 0 aliphatic heterocycles. The molecule has 3 rings (SSSR count). The van der Waals surface area contributed by atoms with Gasteiger partial charge in [-0.25, -0.2) is 0 Å². The summed E-state index contributed by atoms with van der Waals surface area (Å²) in [6.45, 7) is 0.772. The summed E-state index contributed by atoms with van der Waals surface area (Å²) in [6.07, 6.45) is 3.39. The quantitative estimate of drug-likeness (QED) is 0.801. The number of rotatable bonds is 4. The number of carboxylic acids is 1. The van der Waals surface area contributed by atoms with Crippen LogP contribution in [-0.4, -0.2) is 17.1 Å². The first-order valence-corrected chi connectivity index (χ1v) is 7.93. The second kappa shape index (κ2) is 5.40. The second-order valence-electron chi connectivity index (χ2n) is 5.73. The zero-order chi connectivity index (χ0) is 13.4. The topological polar surface area (TPSA) is 49.3 Å². The summed E-state index contributed by atoms with van der Waals surface area (Å²) in [5, 5.41) is 12.9. The van der Waals surface area contributed by atoms with Crippen molar-refractivity contribution in [3.05, 3.63) is 33.4 Å². The number of halogens is 1. The average Bonchev–Trinajstić information content (AvgIpc) is 2.98. The van der Waals surface area contributed by atoms with Crippen LogP contribution in [0, 0.1) is 21.3 Å². The van der Waals surface area contributed by atoms with Crippen molar-refractivity contribution in [1.29, 1.82) is 0 Å². The third kappa shape index (κ3) is 2.65. The highest BCUT2D eigenvalue weighted by Crippen LogP contribution is 2.48. The predicted molar refractivity (Wildman–Crippen MR) is 81.7 cm³/mol. The second-order valence-corrected chi connectivity index (χ2v) is 6.98. The van der Waals surface area contributed by atoms with Gasteiger partial charge in [-0.3, -0.25) is 4.79 Å². The standard InChI is InChI=1S/C15H18INO2/c16-12-5-1-9(2-6-12)8-17-14-11-4-3-10(7-11)13(14)15(18)19/h1-2,5-6,10-11,13-14,17H,3-4,7-8H2,(H,18,19). The fourth-order valence-corrected chi connectivity index (χ4v) is 4.14. The molecule has 4 unspecified atom stereocenters. The third-order valence-electron chi connectivity index (χ3n) is 4.66. The molecule has 0 radical (unpaired) electrons. The first-order valence-electron chi connectivity index (χ1n) is 6.86. The van der Waals surface area contributed by atoms with Crippen molar-refractivity contribution < 1.29 is 9.90 Å². The lowest BCUT2D eigenvalue weighted by Gasteiger charge is -2.29. The minimum absolute atomic E-state index is 0.163. The molecule has 1 aromatic rings. The minimum Gasteiger partial charge on any atom is -0.481 e. The van der Waals surface area contributed by atoms with E-state index >= 15 is 0 Å².